The minimum absolute atomic E-state index is 0.148. The number of nitrogens with one attached hydrogen (secondary N) is 1. The van der Waals surface area contributed by atoms with Crippen LogP contribution in [0.15, 0.2) is 72.8 Å². The van der Waals surface area contributed by atoms with E-state index in [0.29, 0.717) is 25.3 Å². The number of amides is 1. The van der Waals surface area contributed by atoms with E-state index in [0.717, 1.165) is 13.1 Å². The third-order valence-electron chi connectivity index (χ3n) is 4.46. The van der Waals surface area contributed by atoms with Gasteiger partial charge in [0.1, 0.15) is 13.2 Å². The molecule has 7 nitrogen and oxygen atoms in total. The van der Waals surface area contributed by atoms with Crippen LogP contribution in [0.1, 0.15) is 18.1 Å². The van der Waals surface area contributed by atoms with Gasteiger partial charge in [-0.25, -0.2) is 9.59 Å². The van der Waals surface area contributed by atoms with Crippen LogP contribution in [0, 0.1) is 0 Å². The largest absolute Gasteiger partial charge is 0.460 e. The molecule has 0 aromatic heterocycles. The second kappa shape index (κ2) is 14.8. The maximum Gasteiger partial charge on any atom is 0.407 e. The van der Waals surface area contributed by atoms with Crippen molar-refractivity contribution in [1.29, 1.82) is 0 Å². The minimum Gasteiger partial charge on any atom is -0.460 e. The van der Waals surface area contributed by atoms with Crippen molar-refractivity contribution in [3.8, 4) is 0 Å². The predicted octanol–water partition coefficient (Wildman–Crippen LogP) is 3.55. The molecule has 32 heavy (non-hydrogen) atoms. The molecule has 0 bridgehead atoms. The van der Waals surface area contributed by atoms with Crippen LogP contribution in [0.3, 0.4) is 0 Å². The van der Waals surface area contributed by atoms with E-state index in [4.69, 9.17) is 14.2 Å². The zero-order valence-electron chi connectivity index (χ0n) is 18.6. The smallest absolute Gasteiger partial charge is 0.407 e. The van der Waals surface area contributed by atoms with Crippen LogP contribution < -0.4 is 5.32 Å². The maximum absolute atomic E-state index is 11.9. The van der Waals surface area contributed by atoms with Gasteiger partial charge >= 0.3 is 12.1 Å². The molecular weight excluding hydrogens is 408 g/mol. The number of carbonyl (C=O) groups is 2. The van der Waals surface area contributed by atoms with Crippen LogP contribution >= 0.6 is 0 Å². The summed E-state index contributed by atoms with van der Waals surface area (Å²) >= 11 is 0. The van der Waals surface area contributed by atoms with E-state index in [1.165, 1.54) is 11.1 Å². The van der Waals surface area contributed by atoms with E-state index in [2.05, 4.69) is 41.1 Å². The number of ether oxygens (including phenoxy) is 3. The van der Waals surface area contributed by atoms with E-state index in [1.807, 2.05) is 36.4 Å². The second-order valence-corrected chi connectivity index (χ2v) is 7.27. The first kappa shape index (κ1) is 25.1. The Kier molecular flexibility index (Phi) is 11.6. The maximum atomic E-state index is 11.9. The number of benzene rings is 2. The van der Waals surface area contributed by atoms with Crippen LogP contribution in [0.4, 0.5) is 4.79 Å². The van der Waals surface area contributed by atoms with Crippen molar-refractivity contribution in [2.24, 2.45) is 0 Å². The van der Waals surface area contributed by atoms with Gasteiger partial charge in [-0.1, -0.05) is 67.2 Å². The summed E-state index contributed by atoms with van der Waals surface area (Å²) in [5, 5.41) is 2.65. The molecule has 2 aromatic rings. The third-order valence-corrected chi connectivity index (χ3v) is 4.46. The molecule has 1 amide bonds. The molecule has 0 aliphatic rings. The van der Waals surface area contributed by atoms with Gasteiger partial charge in [-0.3, -0.25) is 4.90 Å². The number of esters is 1. The van der Waals surface area contributed by atoms with Crippen molar-refractivity contribution in [2.45, 2.75) is 20.0 Å². The highest BCUT2D eigenvalue weighted by molar-refractivity contribution is 5.86. The monoisotopic (exact) mass is 440 g/mol. The van der Waals surface area contributed by atoms with Crippen LogP contribution in [0.2, 0.25) is 0 Å². The van der Waals surface area contributed by atoms with E-state index >= 15 is 0 Å². The van der Waals surface area contributed by atoms with Crippen molar-refractivity contribution in [2.75, 3.05) is 39.5 Å². The highest BCUT2D eigenvalue weighted by atomic mass is 16.6. The number of rotatable bonds is 14. The van der Waals surface area contributed by atoms with E-state index < -0.39 is 12.1 Å². The molecule has 0 saturated carbocycles. The van der Waals surface area contributed by atoms with E-state index in [1.54, 1.807) is 6.92 Å². The standard InChI is InChI=1S/C25H32N2O5/c1-21(2)24(28)31-18-17-30-15-13-26-25(29)32-16-14-27(19-22-9-5-3-6-10-22)20-23-11-7-4-8-12-23/h3-12H,1,13-20H2,2H3,(H,26,29). The van der Waals surface area contributed by atoms with E-state index in [-0.39, 0.29) is 19.8 Å². The highest BCUT2D eigenvalue weighted by Gasteiger charge is 2.09. The Hall–Kier alpha value is -3.16. The number of hydrogen-bond acceptors (Lipinski definition) is 6. The Morgan fingerprint density at radius 2 is 1.44 bits per heavy atom. The van der Waals surface area contributed by atoms with Crippen molar-refractivity contribution < 1.29 is 23.8 Å². The predicted molar refractivity (Wildman–Crippen MR) is 123 cm³/mol. The van der Waals surface area contributed by atoms with Crippen molar-refractivity contribution in [1.82, 2.24) is 10.2 Å². The van der Waals surface area contributed by atoms with Crippen LogP contribution in [-0.2, 0) is 32.1 Å². The molecule has 7 heteroatoms. The van der Waals surface area contributed by atoms with Crippen LogP contribution in [0.25, 0.3) is 0 Å². The second-order valence-electron chi connectivity index (χ2n) is 7.27. The normalized spacial score (nSPS) is 10.6. The zero-order chi connectivity index (χ0) is 23.0. The van der Waals surface area contributed by atoms with Crippen LogP contribution in [-0.4, -0.2) is 56.5 Å². The van der Waals surface area contributed by atoms with E-state index in [9.17, 15) is 9.59 Å². The number of nitrogens with zero attached hydrogens (tertiary/aromatic N) is 1. The molecule has 0 unspecified atom stereocenters. The first-order valence-corrected chi connectivity index (χ1v) is 10.7. The lowest BCUT2D eigenvalue weighted by Crippen LogP contribution is -2.32. The van der Waals surface area contributed by atoms with Gasteiger partial charge in [0, 0.05) is 31.8 Å². The molecule has 172 valence electrons. The molecule has 0 radical (unpaired) electrons. The van der Waals surface area contributed by atoms with Gasteiger partial charge in [0.2, 0.25) is 0 Å². The first-order valence-electron chi connectivity index (χ1n) is 10.7. The molecule has 0 aliphatic heterocycles. The average molecular weight is 441 g/mol. The molecule has 0 atom stereocenters. The molecule has 0 spiro atoms. The molecule has 0 fully saturated rings. The highest BCUT2D eigenvalue weighted by Crippen LogP contribution is 2.09. The Balaban J connectivity index is 1.64. The molecule has 0 aliphatic carbocycles. The molecule has 1 N–H and O–H groups in total. The van der Waals surface area contributed by atoms with Gasteiger partial charge in [-0.15, -0.1) is 0 Å². The zero-order valence-corrected chi connectivity index (χ0v) is 18.6. The lowest BCUT2D eigenvalue weighted by Gasteiger charge is -2.22. The summed E-state index contributed by atoms with van der Waals surface area (Å²) in [6.45, 7) is 8.53. The fraction of sp³-hybridized carbons (Fsp3) is 0.360. The van der Waals surface area contributed by atoms with Gasteiger partial charge in [-0.2, -0.15) is 0 Å². The Bertz CT molecular complexity index is 785. The fourth-order valence-corrected chi connectivity index (χ4v) is 2.86. The Morgan fingerprint density at radius 3 is 2.00 bits per heavy atom. The lowest BCUT2D eigenvalue weighted by atomic mass is 10.1. The summed E-state index contributed by atoms with van der Waals surface area (Å²) in [4.78, 5) is 25.4. The SMILES string of the molecule is C=C(C)C(=O)OCCOCCNC(=O)OCCN(Cc1ccccc1)Cc1ccccc1. The first-order chi connectivity index (χ1) is 15.5. The molecule has 2 aromatic carbocycles. The van der Waals surface area contributed by atoms with Gasteiger partial charge < -0.3 is 19.5 Å². The molecular formula is C25H32N2O5. The quantitative estimate of drug-likeness (QED) is 0.275. The van der Waals surface area contributed by atoms with Crippen molar-refractivity contribution >= 4 is 12.1 Å². The van der Waals surface area contributed by atoms with Crippen LogP contribution in [0.5, 0.6) is 0 Å². The summed E-state index contributed by atoms with van der Waals surface area (Å²) in [7, 11) is 0. The summed E-state index contributed by atoms with van der Waals surface area (Å²) < 4.78 is 15.5. The number of hydrogen-bond donors (Lipinski definition) is 1. The van der Waals surface area contributed by atoms with Gasteiger partial charge in [0.05, 0.1) is 13.2 Å². The number of carbonyl (C=O) groups excluding carboxylic acids is 2. The Morgan fingerprint density at radius 1 is 0.844 bits per heavy atom. The fourth-order valence-electron chi connectivity index (χ4n) is 2.86. The molecule has 2 rings (SSSR count). The third kappa shape index (κ3) is 10.7. The number of alkyl carbamates (subject to hydrolysis) is 1. The van der Waals surface area contributed by atoms with Gasteiger partial charge in [0.25, 0.3) is 0 Å². The summed E-state index contributed by atoms with van der Waals surface area (Å²) in [6.07, 6.45) is -0.485. The minimum atomic E-state index is -0.485. The molecule has 0 saturated heterocycles. The summed E-state index contributed by atoms with van der Waals surface area (Å²) in [5.41, 5.74) is 2.76. The average Bonchev–Trinajstić information content (AvgIpc) is 2.79. The summed E-state index contributed by atoms with van der Waals surface area (Å²) in [6, 6.07) is 20.4. The summed E-state index contributed by atoms with van der Waals surface area (Å²) in [5.74, 6) is -0.441. The lowest BCUT2D eigenvalue weighted by molar-refractivity contribution is -0.140. The van der Waals surface area contributed by atoms with Crippen molar-refractivity contribution in [3.05, 3.63) is 83.9 Å². The van der Waals surface area contributed by atoms with Gasteiger partial charge in [0.15, 0.2) is 0 Å². The topological polar surface area (TPSA) is 77.1 Å². The van der Waals surface area contributed by atoms with Crippen molar-refractivity contribution in [3.63, 3.8) is 0 Å². The Labute approximate surface area is 190 Å². The molecule has 0 heterocycles. The van der Waals surface area contributed by atoms with Gasteiger partial charge in [-0.05, 0) is 18.1 Å².